The van der Waals surface area contributed by atoms with E-state index >= 15 is 0 Å². The number of phenols is 2. The van der Waals surface area contributed by atoms with Crippen LogP contribution in [0.1, 0.15) is 34.6 Å². The van der Waals surface area contributed by atoms with Crippen LogP contribution in [0.25, 0.3) is 22.3 Å². The van der Waals surface area contributed by atoms with Gasteiger partial charge in [-0.25, -0.2) is 0 Å². The van der Waals surface area contributed by atoms with E-state index in [2.05, 4.69) is 0 Å². The van der Waals surface area contributed by atoms with Crippen molar-refractivity contribution in [3.8, 4) is 22.8 Å². The van der Waals surface area contributed by atoms with Crippen LogP contribution in [0.4, 0.5) is 5.69 Å². The first-order chi connectivity index (χ1) is 12.2. The van der Waals surface area contributed by atoms with Crippen LogP contribution >= 0.6 is 0 Å². The van der Waals surface area contributed by atoms with Gasteiger partial charge in [0.1, 0.15) is 5.76 Å². The quantitative estimate of drug-likeness (QED) is 0.375. The molecule has 0 saturated carbocycles. The number of rotatable bonds is 3. The number of hydrogen-bond donors (Lipinski definition) is 3. The van der Waals surface area contributed by atoms with Crippen molar-refractivity contribution in [1.82, 2.24) is 0 Å². The van der Waals surface area contributed by atoms with Crippen LogP contribution in [0.15, 0.2) is 39.5 Å². The molecular weight excluding hydrogens is 338 g/mol. The predicted molar refractivity (Wildman–Crippen MR) is 95.7 cm³/mol. The maximum atomic E-state index is 12.3. The Labute approximate surface area is 147 Å². The van der Waals surface area contributed by atoms with Gasteiger partial charge in [0.2, 0.25) is 5.75 Å². The summed E-state index contributed by atoms with van der Waals surface area (Å²) in [4.78, 5) is 36.0. The maximum Gasteiger partial charge on any atom is 0.201 e. The van der Waals surface area contributed by atoms with E-state index in [1.165, 1.54) is 44.2 Å². The monoisotopic (exact) mass is 353 g/mol. The number of nitrogen functional groups attached to an aromatic ring is 1. The summed E-state index contributed by atoms with van der Waals surface area (Å²) in [6, 6.07) is 6.56. The molecular formula is C19H15NO6. The summed E-state index contributed by atoms with van der Waals surface area (Å²) in [7, 11) is 0. The summed E-state index contributed by atoms with van der Waals surface area (Å²) < 4.78 is 5.57. The molecule has 0 saturated heterocycles. The molecule has 0 aliphatic rings. The second-order valence-electron chi connectivity index (χ2n) is 5.85. The number of ketones is 2. The number of nitrogens with two attached hydrogens (primary N) is 1. The number of anilines is 1. The first kappa shape index (κ1) is 17.2. The fourth-order valence-corrected chi connectivity index (χ4v) is 2.83. The Morgan fingerprint density at radius 2 is 1.73 bits per heavy atom. The summed E-state index contributed by atoms with van der Waals surface area (Å²) in [5, 5.41) is 19.7. The SMILES string of the molecule is CC(=O)c1ccc(-c2cc(=O)c3ccc(O)c(O)c3o2)c(N)c1C(C)=O. The van der Waals surface area contributed by atoms with E-state index in [4.69, 9.17) is 10.2 Å². The normalized spacial score (nSPS) is 10.8. The average Bonchev–Trinajstić information content (AvgIpc) is 2.57. The third kappa shape index (κ3) is 2.59. The van der Waals surface area contributed by atoms with Crippen molar-refractivity contribution < 1.29 is 24.2 Å². The van der Waals surface area contributed by atoms with E-state index in [-0.39, 0.29) is 44.9 Å². The molecule has 0 fully saturated rings. The highest BCUT2D eigenvalue weighted by Gasteiger charge is 2.21. The average molecular weight is 353 g/mol. The van der Waals surface area contributed by atoms with Crippen LogP contribution in [0.2, 0.25) is 0 Å². The van der Waals surface area contributed by atoms with Gasteiger partial charge in [0.15, 0.2) is 28.3 Å². The molecule has 1 aromatic heterocycles. The van der Waals surface area contributed by atoms with Gasteiger partial charge in [0.05, 0.1) is 16.6 Å². The van der Waals surface area contributed by atoms with Gasteiger partial charge in [0.25, 0.3) is 0 Å². The second kappa shape index (κ2) is 6.03. The van der Waals surface area contributed by atoms with Crippen LogP contribution < -0.4 is 11.2 Å². The number of fused-ring (bicyclic) bond motifs is 1. The van der Waals surface area contributed by atoms with Gasteiger partial charge in [-0.05, 0) is 38.1 Å². The molecule has 0 bridgehead atoms. The molecule has 7 nitrogen and oxygen atoms in total. The molecule has 1 heterocycles. The maximum absolute atomic E-state index is 12.3. The second-order valence-corrected chi connectivity index (χ2v) is 5.85. The van der Waals surface area contributed by atoms with Crippen molar-refractivity contribution in [2.24, 2.45) is 0 Å². The highest BCUT2D eigenvalue weighted by atomic mass is 16.4. The zero-order valence-electron chi connectivity index (χ0n) is 14.0. The minimum absolute atomic E-state index is 0.00139. The molecule has 7 heteroatoms. The molecule has 0 aliphatic heterocycles. The molecule has 4 N–H and O–H groups in total. The minimum atomic E-state index is -0.577. The van der Waals surface area contributed by atoms with Gasteiger partial charge in [-0.1, -0.05) is 0 Å². The lowest BCUT2D eigenvalue weighted by molar-refractivity contribution is 0.0981. The van der Waals surface area contributed by atoms with E-state index in [0.29, 0.717) is 0 Å². The number of carbonyl (C=O) groups is 2. The van der Waals surface area contributed by atoms with Gasteiger partial charge in [-0.3, -0.25) is 14.4 Å². The Kier molecular flexibility index (Phi) is 4.00. The number of phenolic OH excluding ortho intramolecular Hbond substituents is 2. The fourth-order valence-electron chi connectivity index (χ4n) is 2.83. The zero-order chi connectivity index (χ0) is 19.2. The number of Topliss-reactive ketones (excluding diaryl/α,β-unsaturated/α-hetero) is 2. The first-order valence-electron chi connectivity index (χ1n) is 7.66. The van der Waals surface area contributed by atoms with Gasteiger partial charge in [-0.15, -0.1) is 0 Å². The lowest BCUT2D eigenvalue weighted by atomic mass is 9.95. The number of benzene rings is 2. The largest absolute Gasteiger partial charge is 0.504 e. The molecule has 132 valence electrons. The number of hydrogen-bond acceptors (Lipinski definition) is 7. The van der Waals surface area contributed by atoms with E-state index in [1.807, 2.05) is 0 Å². The van der Waals surface area contributed by atoms with Gasteiger partial charge >= 0.3 is 0 Å². The minimum Gasteiger partial charge on any atom is -0.504 e. The third-order valence-electron chi connectivity index (χ3n) is 4.09. The molecule has 0 amide bonds. The van der Waals surface area contributed by atoms with E-state index in [1.54, 1.807) is 0 Å². The van der Waals surface area contributed by atoms with Crippen molar-refractivity contribution in [2.45, 2.75) is 13.8 Å². The Hall–Kier alpha value is -3.61. The molecule has 0 spiro atoms. The highest BCUT2D eigenvalue weighted by Crippen LogP contribution is 2.36. The van der Waals surface area contributed by atoms with Crippen molar-refractivity contribution in [3.63, 3.8) is 0 Å². The Morgan fingerprint density at radius 1 is 1.04 bits per heavy atom. The highest BCUT2D eigenvalue weighted by molar-refractivity contribution is 6.12. The molecule has 2 aromatic carbocycles. The van der Waals surface area contributed by atoms with Crippen molar-refractivity contribution in [1.29, 1.82) is 0 Å². The van der Waals surface area contributed by atoms with Crippen LogP contribution in [0.5, 0.6) is 11.5 Å². The predicted octanol–water partition coefficient (Wildman–Crippen LogP) is 2.86. The van der Waals surface area contributed by atoms with Crippen molar-refractivity contribution in [2.75, 3.05) is 5.73 Å². The molecule has 0 aliphatic carbocycles. The van der Waals surface area contributed by atoms with E-state index < -0.39 is 22.7 Å². The first-order valence-corrected chi connectivity index (χ1v) is 7.66. The summed E-state index contributed by atoms with van der Waals surface area (Å²) in [5.41, 5.74) is 5.83. The van der Waals surface area contributed by atoms with Crippen LogP contribution in [-0.4, -0.2) is 21.8 Å². The van der Waals surface area contributed by atoms with Crippen LogP contribution in [0.3, 0.4) is 0 Å². The molecule has 3 aromatic rings. The summed E-state index contributed by atoms with van der Waals surface area (Å²) in [5.74, 6) is -1.75. The molecule has 0 atom stereocenters. The van der Waals surface area contributed by atoms with Crippen LogP contribution in [0, 0.1) is 0 Å². The smallest absolute Gasteiger partial charge is 0.201 e. The zero-order valence-corrected chi connectivity index (χ0v) is 14.0. The summed E-state index contributed by atoms with van der Waals surface area (Å²) in [6.45, 7) is 2.60. The lowest BCUT2D eigenvalue weighted by Gasteiger charge is -2.13. The molecule has 0 radical (unpaired) electrons. The van der Waals surface area contributed by atoms with E-state index in [9.17, 15) is 24.6 Å². The standard InChI is InChI=1S/C19H15NO6/c1-8(21)10-3-4-12(17(20)16(10)9(2)22)15-7-14(24)11-5-6-13(23)18(25)19(11)26-15/h3-7,23,25H,20H2,1-2H3. The van der Waals surface area contributed by atoms with Crippen molar-refractivity contribution in [3.05, 3.63) is 51.7 Å². The van der Waals surface area contributed by atoms with Crippen molar-refractivity contribution >= 4 is 28.2 Å². The Morgan fingerprint density at radius 3 is 2.35 bits per heavy atom. The Bertz CT molecular complexity index is 1140. The third-order valence-corrected chi connectivity index (χ3v) is 4.09. The van der Waals surface area contributed by atoms with Gasteiger partial charge in [-0.2, -0.15) is 0 Å². The van der Waals surface area contributed by atoms with Gasteiger partial charge < -0.3 is 20.4 Å². The molecule has 0 unspecified atom stereocenters. The molecule has 26 heavy (non-hydrogen) atoms. The topological polar surface area (TPSA) is 131 Å². The van der Waals surface area contributed by atoms with Crippen LogP contribution in [-0.2, 0) is 0 Å². The number of aromatic hydroxyl groups is 2. The fraction of sp³-hybridized carbons (Fsp3) is 0.105. The summed E-state index contributed by atoms with van der Waals surface area (Å²) >= 11 is 0. The molecule has 3 rings (SSSR count). The lowest BCUT2D eigenvalue weighted by Crippen LogP contribution is -2.10. The van der Waals surface area contributed by atoms with E-state index in [0.717, 1.165) is 0 Å². The Balaban J connectivity index is 2.36. The van der Waals surface area contributed by atoms with Gasteiger partial charge in [0, 0.05) is 17.2 Å². The summed E-state index contributed by atoms with van der Waals surface area (Å²) in [6.07, 6.45) is 0. The number of carbonyl (C=O) groups excluding carboxylic acids is 2.